The summed E-state index contributed by atoms with van der Waals surface area (Å²) < 4.78 is 4.30. The maximum atomic E-state index is 12.1. The number of aromatic nitrogens is 4. The maximum absolute atomic E-state index is 12.1. The van der Waals surface area contributed by atoms with Crippen LogP contribution >= 0.6 is 34.9 Å². The van der Waals surface area contributed by atoms with Gasteiger partial charge in [-0.2, -0.15) is 0 Å². The molecule has 1 amide bonds. The Hall–Kier alpha value is -2.36. The van der Waals surface area contributed by atoms with E-state index in [9.17, 15) is 4.79 Å². The van der Waals surface area contributed by atoms with Crippen molar-refractivity contribution in [2.75, 3.05) is 5.75 Å². The Morgan fingerprint density at radius 3 is 2.61 bits per heavy atom. The zero-order valence-electron chi connectivity index (χ0n) is 17.3. The average molecular weight is 470 g/mol. The quantitative estimate of drug-likeness (QED) is 0.354. The Morgan fingerprint density at radius 1 is 1.06 bits per heavy atom. The number of hydrogen-bond acceptors (Lipinski definition) is 7. The predicted molar refractivity (Wildman–Crippen MR) is 129 cm³/mol. The minimum Gasteiger partial charge on any atom is -0.353 e. The molecule has 0 radical (unpaired) electrons. The van der Waals surface area contributed by atoms with Gasteiger partial charge in [0.05, 0.1) is 28.3 Å². The van der Waals surface area contributed by atoms with Gasteiger partial charge in [-0.1, -0.05) is 66.0 Å². The largest absolute Gasteiger partial charge is 0.353 e. The van der Waals surface area contributed by atoms with Gasteiger partial charge in [0.1, 0.15) is 5.82 Å². The first-order chi connectivity index (χ1) is 15.1. The van der Waals surface area contributed by atoms with Crippen LogP contribution in [0.5, 0.6) is 0 Å². The van der Waals surface area contributed by atoms with Gasteiger partial charge in [-0.25, -0.2) is 4.98 Å². The van der Waals surface area contributed by atoms with Crippen LogP contribution in [-0.4, -0.2) is 37.5 Å². The lowest BCUT2D eigenvalue weighted by molar-refractivity contribution is -0.119. The Morgan fingerprint density at radius 2 is 1.84 bits per heavy atom. The highest BCUT2D eigenvalue weighted by Crippen LogP contribution is 2.31. The van der Waals surface area contributed by atoms with Crippen molar-refractivity contribution in [1.29, 1.82) is 0 Å². The summed E-state index contributed by atoms with van der Waals surface area (Å²) in [4.78, 5) is 16.8. The molecule has 0 aliphatic carbocycles. The lowest BCUT2D eigenvalue weighted by Gasteiger charge is -2.11. The van der Waals surface area contributed by atoms with Gasteiger partial charge in [-0.3, -0.25) is 4.79 Å². The van der Waals surface area contributed by atoms with Crippen LogP contribution in [0.15, 0.2) is 64.1 Å². The molecule has 160 valence electrons. The van der Waals surface area contributed by atoms with E-state index in [4.69, 9.17) is 4.98 Å². The molecule has 0 spiro atoms. The molecule has 0 saturated carbocycles. The second-order valence-electron chi connectivity index (χ2n) is 7.22. The molecule has 4 aromatic rings. The molecule has 2 aromatic carbocycles. The molecule has 0 bridgehead atoms. The van der Waals surface area contributed by atoms with Crippen molar-refractivity contribution < 1.29 is 4.79 Å². The number of hydrogen-bond donors (Lipinski definition) is 1. The first kappa shape index (κ1) is 21.9. The standard InChI is InChI=1S/C22H23N5OS3/c1-15(2)23-20(28)14-29-21-26-25-19(27(21)12-16-8-4-3-5-9-16)13-30-22-24-17-10-6-7-11-18(17)31-22/h3-11,15H,12-14H2,1-2H3,(H,23,28). The number of para-hydroxylation sites is 1. The van der Waals surface area contributed by atoms with Gasteiger partial charge in [0.25, 0.3) is 0 Å². The fraction of sp³-hybridized carbons (Fsp3) is 0.273. The number of nitrogens with zero attached hydrogens (tertiary/aromatic N) is 4. The third-order valence-corrected chi connectivity index (χ3v) is 7.50. The molecular formula is C22H23N5OS3. The van der Waals surface area contributed by atoms with Crippen LogP contribution in [0.3, 0.4) is 0 Å². The third-order valence-electron chi connectivity index (χ3n) is 4.36. The van der Waals surface area contributed by atoms with E-state index in [1.807, 2.05) is 50.2 Å². The highest BCUT2D eigenvalue weighted by molar-refractivity contribution is 8.00. The number of nitrogens with one attached hydrogen (secondary N) is 1. The fourth-order valence-electron chi connectivity index (χ4n) is 2.99. The summed E-state index contributed by atoms with van der Waals surface area (Å²) in [5.74, 6) is 1.86. The van der Waals surface area contributed by atoms with Crippen LogP contribution in [0.1, 0.15) is 25.2 Å². The van der Waals surface area contributed by atoms with Gasteiger partial charge in [-0.05, 0) is 31.5 Å². The molecule has 0 atom stereocenters. The van der Waals surface area contributed by atoms with E-state index in [1.54, 1.807) is 23.1 Å². The molecule has 2 aromatic heterocycles. The number of carbonyl (C=O) groups is 1. The van der Waals surface area contributed by atoms with Crippen molar-refractivity contribution in [3.8, 4) is 0 Å². The van der Waals surface area contributed by atoms with Crippen molar-refractivity contribution in [3.05, 3.63) is 66.0 Å². The second-order valence-corrected chi connectivity index (χ2v) is 10.4. The van der Waals surface area contributed by atoms with Crippen molar-refractivity contribution in [2.24, 2.45) is 0 Å². The first-order valence-corrected chi connectivity index (χ1v) is 12.7. The summed E-state index contributed by atoms with van der Waals surface area (Å²) in [6.07, 6.45) is 0. The molecule has 6 nitrogen and oxygen atoms in total. The Kier molecular flexibility index (Phi) is 7.26. The van der Waals surface area contributed by atoms with E-state index in [1.165, 1.54) is 22.0 Å². The molecule has 1 N–H and O–H groups in total. The number of carbonyl (C=O) groups excluding carboxylic acids is 1. The van der Waals surface area contributed by atoms with E-state index in [-0.39, 0.29) is 11.9 Å². The van der Waals surface area contributed by atoms with E-state index < -0.39 is 0 Å². The van der Waals surface area contributed by atoms with Gasteiger partial charge in [-0.15, -0.1) is 21.5 Å². The van der Waals surface area contributed by atoms with Crippen molar-refractivity contribution >= 4 is 51.0 Å². The highest BCUT2D eigenvalue weighted by Gasteiger charge is 2.16. The van der Waals surface area contributed by atoms with E-state index in [2.05, 4.69) is 38.3 Å². The number of thioether (sulfide) groups is 2. The number of benzene rings is 2. The number of amides is 1. The molecule has 0 unspecified atom stereocenters. The summed E-state index contributed by atoms with van der Waals surface area (Å²) in [5.41, 5.74) is 2.19. The highest BCUT2D eigenvalue weighted by atomic mass is 32.2. The number of fused-ring (bicyclic) bond motifs is 1. The zero-order chi connectivity index (χ0) is 21.6. The number of rotatable bonds is 9. The maximum Gasteiger partial charge on any atom is 0.230 e. The molecule has 9 heteroatoms. The Balaban J connectivity index is 1.51. The van der Waals surface area contributed by atoms with Crippen molar-refractivity contribution in [1.82, 2.24) is 25.1 Å². The molecule has 0 aliphatic heterocycles. The van der Waals surface area contributed by atoms with Gasteiger partial charge in [0.15, 0.2) is 9.50 Å². The minimum absolute atomic E-state index is 0.000313. The Bertz CT molecular complexity index is 1120. The van der Waals surface area contributed by atoms with E-state index >= 15 is 0 Å². The molecule has 4 rings (SSSR count). The third kappa shape index (κ3) is 5.87. The smallest absolute Gasteiger partial charge is 0.230 e. The fourth-order valence-corrected chi connectivity index (χ4v) is 5.77. The molecular weight excluding hydrogens is 446 g/mol. The molecule has 0 fully saturated rings. The summed E-state index contributed by atoms with van der Waals surface area (Å²) in [5, 5.41) is 12.5. The Labute approximate surface area is 193 Å². The van der Waals surface area contributed by atoms with Crippen LogP contribution in [0.25, 0.3) is 10.2 Å². The van der Waals surface area contributed by atoms with Crippen molar-refractivity contribution in [3.63, 3.8) is 0 Å². The first-order valence-electron chi connectivity index (χ1n) is 9.95. The number of thiazole rings is 1. The second kappa shape index (κ2) is 10.3. The van der Waals surface area contributed by atoms with Crippen LogP contribution in [0.2, 0.25) is 0 Å². The minimum atomic E-state index is -0.000313. The van der Waals surface area contributed by atoms with Crippen LogP contribution in [-0.2, 0) is 17.1 Å². The molecule has 31 heavy (non-hydrogen) atoms. The van der Waals surface area contributed by atoms with Crippen LogP contribution in [0.4, 0.5) is 0 Å². The molecule has 0 aliphatic rings. The van der Waals surface area contributed by atoms with E-state index in [0.29, 0.717) is 18.1 Å². The van der Waals surface area contributed by atoms with Crippen LogP contribution in [0, 0.1) is 0 Å². The average Bonchev–Trinajstić information content (AvgIpc) is 3.34. The van der Waals surface area contributed by atoms with Gasteiger partial charge < -0.3 is 9.88 Å². The van der Waals surface area contributed by atoms with E-state index in [0.717, 1.165) is 20.8 Å². The van der Waals surface area contributed by atoms with Gasteiger partial charge in [0.2, 0.25) is 5.91 Å². The lowest BCUT2D eigenvalue weighted by atomic mass is 10.2. The zero-order valence-corrected chi connectivity index (χ0v) is 19.8. The monoisotopic (exact) mass is 469 g/mol. The van der Waals surface area contributed by atoms with Gasteiger partial charge in [0, 0.05) is 6.04 Å². The predicted octanol–water partition coefficient (Wildman–Crippen LogP) is 4.85. The van der Waals surface area contributed by atoms with Crippen LogP contribution < -0.4 is 5.32 Å². The SMILES string of the molecule is CC(C)NC(=O)CSc1nnc(CSc2nc3ccccc3s2)n1Cc1ccccc1. The summed E-state index contributed by atoms with van der Waals surface area (Å²) >= 11 is 4.77. The normalized spacial score (nSPS) is 11.3. The van der Waals surface area contributed by atoms with Crippen molar-refractivity contribution in [2.45, 2.75) is 41.7 Å². The topological polar surface area (TPSA) is 72.7 Å². The summed E-state index contributed by atoms with van der Waals surface area (Å²) in [6.45, 7) is 4.58. The summed E-state index contributed by atoms with van der Waals surface area (Å²) in [7, 11) is 0. The summed E-state index contributed by atoms with van der Waals surface area (Å²) in [6, 6.07) is 18.5. The van der Waals surface area contributed by atoms with Gasteiger partial charge >= 0.3 is 0 Å². The molecule has 2 heterocycles. The lowest BCUT2D eigenvalue weighted by Crippen LogP contribution is -2.31. The molecule has 0 saturated heterocycles.